The first-order valence-corrected chi connectivity index (χ1v) is 10.7. The minimum absolute atomic E-state index is 0.0397. The lowest BCUT2D eigenvalue weighted by Crippen LogP contribution is -2.55. The van der Waals surface area contributed by atoms with E-state index in [4.69, 9.17) is 5.26 Å². The molecule has 0 aliphatic carbocycles. The fraction of sp³-hybridized carbons (Fsp3) is 0.375. The van der Waals surface area contributed by atoms with Gasteiger partial charge in [-0.05, 0) is 30.2 Å². The van der Waals surface area contributed by atoms with Crippen LogP contribution in [-0.4, -0.2) is 54.0 Å². The highest BCUT2D eigenvalue weighted by molar-refractivity contribution is 5.93. The van der Waals surface area contributed by atoms with Crippen LogP contribution in [-0.2, 0) is 11.3 Å². The van der Waals surface area contributed by atoms with Crippen molar-refractivity contribution in [3.63, 3.8) is 0 Å². The van der Waals surface area contributed by atoms with Gasteiger partial charge in [0.1, 0.15) is 6.04 Å². The van der Waals surface area contributed by atoms with Crippen molar-refractivity contribution in [2.24, 2.45) is 0 Å². The molecule has 2 aromatic carbocycles. The molecule has 1 heterocycles. The molecule has 0 aromatic heterocycles. The van der Waals surface area contributed by atoms with Gasteiger partial charge in [-0.2, -0.15) is 5.26 Å². The molecule has 1 aliphatic heterocycles. The van der Waals surface area contributed by atoms with E-state index >= 15 is 0 Å². The molecule has 7 nitrogen and oxygen atoms in total. The molecular formula is C24H29N5O2. The molecule has 162 valence electrons. The maximum atomic E-state index is 13.1. The SMILES string of the molecule is CCCC(NC(=O)Nc1cccc(C#N)c1)C(=O)N1CCN(Cc2ccccc2)CC1. The number of anilines is 1. The Kier molecular flexibility index (Phi) is 8.02. The summed E-state index contributed by atoms with van der Waals surface area (Å²) in [6, 6.07) is 18.0. The summed E-state index contributed by atoms with van der Waals surface area (Å²) in [4.78, 5) is 29.7. The van der Waals surface area contributed by atoms with Crippen molar-refractivity contribution in [2.75, 3.05) is 31.5 Å². The molecule has 0 bridgehead atoms. The van der Waals surface area contributed by atoms with Crippen molar-refractivity contribution in [1.82, 2.24) is 15.1 Å². The second-order valence-corrected chi connectivity index (χ2v) is 7.72. The summed E-state index contributed by atoms with van der Waals surface area (Å²) in [7, 11) is 0. The first kappa shape index (κ1) is 22.3. The van der Waals surface area contributed by atoms with Crippen LogP contribution in [0.15, 0.2) is 54.6 Å². The van der Waals surface area contributed by atoms with E-state index in [1.165, 1.54) is 5.56 Å². The third-order valence-corrected chi connectivity index (χ3v) is 5.36. The van der Waals surface area contributed by atoms with E-state index in [1.54, 1.807) is 24.3 Å². The zero-order valence-electron chi connectivity index (χ0n) is 17.9. The van der Waals surface area contributed by atoms with E-state index in [1.807, 2.05) is 36.1 Å². The van der Waals surface area contributed by atoms with Gasteiger partial charge in [0.05, 0.1) is 11.6 Å². The van der Waals surface area contributed by atoms with Gasteiger partial charge in [0, 0.05) is 38.4 Å². The first-order valence-electron chi connectivity index (χ1n) is 10.7. The second kappa shape index (κ2) is 11.1. The lowest BCUT2D eigenvalue weighted by atomic mass is 10.1. The van der Waals surface area contributed by atoms with Gasteiger partial charge in [-0.15, -0.1) is 0 Å². The summed E-state index contributed by atoms with van der Waals surface area (Å²) in [5.74, 6) is -0.0397. The molecule has 3 amide bonds. The number of hydrogen-bond acceptors (Lipinski definition) is 4. The molecule has 2 N–H and O–H groups in total. The number of carbonyl (C=O) groups is 2. The molecular weight excluding hydrogens is 390 g/mol. The third kappa shape index (κ3) is 6.56. The van der Waals surface area contributed by atoms with E-state index in [9.17, 15) is 9.59 Å². The molecule has 1 atom stereocenters. The topological polar surface area (TPSA) is 88.5 Å². The van der Waals surface area contributed by atoms with Gasteiger partial charge in [-0.1, -0.05) is 49.7 Å². The summed E-state index contributed by atoms with van der Waals surface area (Å²) >= 11 is 0. The minimum atomic E-state index is -0.565. The van der Waals surface area contributed by atoms with Crippen LogP contribution < -0.4 is 10.6 Å². The lowest BCUT2D eigenvalue weighted by molar-refractivity contribution is -0.135. The minimum Gasteiger partial charge on any atom is -0.338 e. The predicted molar refractivity (Wildman–Crippen MR) is 120 cm³/mol. The van der Waals surface area contributed by atoms with Crippen LogP contribution in [0.2, 0.25) is 0 Å². The Hall–Kier alpha value is -3.37. The number of rotatable bonds is 7. The molecule has 1 fully saturated rings. The van der Waals surface area contributed by atoms with Gasteiger partial charge < -0.3 is 15.5 Å². The molecule has 7 heteroatoms. The van der Waals surface area contributed by atoms with Gasteiger partial charge in [-0.3, -0.25) is 9.69 Å². The normalized spacial score (nSPS) is 15.0. The Bertz CT molecular complexity index is 917. The molecule has 31 heavy (non-hydrogen) atoms. The molecule has 2 aromatic rings. The zero-order valence-corrected chi connectivity index (χ0v) is 17.9. The predicted octanol–water partition coefficient (Wildman–Crippen LogP) is 3.19. The Balaban J connectivity index is 1.52. The van der Waals surface area contributed by atoms with E-state index in [0.717, 1.165) is 26.1 Å². The van der Waals surface area contributed by atoms with Gasteiger partial charge in [-0.25, -0.2) is 4.79 Å². The average molecular weight is 420 g/mol. The summed E-state index contributed by atoms with van der Waals surface area (Å²) in [6.07, 6.45) is 1.36. The number of urea groups is 1. The molecule has 3 rings (SSSR count). The van der Waals surface area contributed by atoms with E-state index in [0.29, 0.717) is 30.8 Å². The van der Waals surface area contributed by atoms with Crippen molar-refractivity contribution in [3.05, 3.63) is 65.7 Å². The Morgan fingerprint density at radius 3 is 2.48 bits per heavy atom. The maximum absolute atomic E-state index is 13.1. The van der Waals surface area contributed by atoms with Crippen LogP contribution in [0.4, 0.5) is 10.5 Å². The largest absolute Gasteiger partial charge is 0.338 e. The fourth-order valence-corrected chi connectivity index (χ4v) is 3.73. The van der Waals surface area contributed by atoms with Gasteiger partial charge in [0.25, 0.3) is 0 Å². The Morgan fingerprint density at radius 2 is 1.81 bits per heavy atom. The number of nitrogens with zero attached hydrogens (tertiary/aromatic N) is 3. The highest BCUT2D eigenvalue weighted by atomic mass is 16.2. The standard InChI is InChI=1S/C24H29N5O2/c1-2-7-22(27-24(31)26-21-11-6-10-20(16-21)17-25)23(30)29-14-12-28(13-15-29)18-19-8-4-3-5-9-19/h3-6,8-11,16,22H,2,7,12-15,18H2,1H3,(H2,26,27,31). The number of piperazine rings is 1. The van der Waals surface area contributed by atoms with Crippen LogP contribution in [0.3, 0.4) is 0 Å². The average Bonchev–Trinajstić information content (AvgIpc) is 2.79. The maximum Gasteiger partial charge on any atom is 0.319 e. The Labute approximate surface area is 183 Å². The summed E-state index contributed by atoms with van der Waals surface area (Å²) in [5.41, 5.74) is 2.26. The van der Waals surface area contributed by atoms with Crippen molar-refractivity contribution in [1.29, 1.82) is 5.26 Å². The summed E-state index contributed by atoms with van der Waals surface area (Å²) in [6.45, 7) is 5.80. The smallest absolute Gasteiger partial charge is 0.319 e. The van der Waals surface area contributed by atoms with Gasteiger partial charge in [0.2, 0.25) is 5.91 Å². The van der Waals surface area contributed by atoms with E-state index in [2.05, 4.69) is 27.7 Å². The Morgan fingerprint density at radius 1 is 1.06 bits per heavy atom. The van der Waals surface area contributed by atoms with Gasteiger partial charge in [0.15, 0.2) is 0 Å². The monoisotopic (exact) mass is 419 g/mol. The van der Waals surface area contributed by atoms with Crippen molar-refractivity contribution in [2.45, 2.75) is 32.4 Å². The summed E-state index contributed by atoms with van der Waals surface area (Å²) < 4.78 is 0. The highest BCUT2D eigenvalue weighted by Gasteiger charge is 2.28. The van der Waals surface area contributed by atoms with Crippen molar-refractivity contribution >= 4 is 17.6 Å². The van der Waals surface area contributed by atoms with Crippen LogP contribution in [0.25, 0.3) is 0 Å². The number of hydrogen-bond donors (Lipinski definition) is 2. The number of nitrogens with one attached hydrogen (secondary N) is 2. The quantitative estimate of drug-likeness (QED) is 0.721. The molecule has 1 aliphatic rings. The fourth-order valence-electron chi connectivity index (χ4n) is 3.73. The summed E-state index contributed by atoms with van der Waals surface area (Å²) in [5, 5.41) is 14.5. The number of amides is 3. The van der Waals surface area contributed by atoms with Crippen molar-refractivity contribution in [3.8, 4) is 6.07 Å². The number of benzene rings is 2. The van der Waals surface area contributed by atoms with Crippen LogP contribution in [0.5, 0.6) is 0 Å². The van der Waals surface area contributed by atoms with E-state index in [-0.39, 0.29) is 5.91 Å². The first-order chi connectivity index (χ1) is 15.1. The molecule has 1 unspecified atom stereocenters. The lowest BCUT2D eigenvalue weighted by Gasteiger charge is -2.36. The van der Waals surface area contributed by atoms with Crippen LogP contribution in [0.1, 0.15) is 30.9 Å². The van der Waals surface area contributed by atoms with Gasteiger partial charge >= 0.3 is 6.03 Å². The third-order valence-electron chi connectivity index (χ3n) is 5.36. The molecule has 1 saturated heterocycles. The van der Waals surface area contributed by atoms with Crippen LogP contribution >= 0.6 is 0 Å². The number of carbonyl (C=O) groups excluding carboxylic acids is 2. The van der Waals surface area contributed by atoms with Crippen LogP contribution in [0, 0.1) is 11.3 Å². The second-order valence-electron chi connectivity index (χ2n) is 7.72. The molecule has 0 spiro atoms. The molecule has 0 saturated carbocycles. The molecule has 0 radical (unpaired) electrons. The zero-order chi connectivity index (χ0) is 22.1. The van der Waals surface area contributed by atoms with Crippen molar-refractivity contribution < 1.29 is 9.59 Å². The van der Waals surface area contributed by atoms with E-state index < -0.39 is 12.1 Å². The number of nitriles is 1. The highest BCUT2D eigenvalue weighted by Crippen LogP contribution is 2.12.